The van der Waals surface area contributed by atoms with Crippen LogP contribution in [-0.2, 0) is 4.79 Å². The molecule has 304 valence electrons. The molecule has 0 aliphatic heterocycles. The number of carbonyl (C=O) groups excluding carboxylic acids is 1. The second kappa shape index (κ2) is 16.3. The molecule has 0 spiro atoms. The van der Waals surface area contributed by atoms with Crippen molar-refractivity contribution in [2.24, 2.45) is 17.4 Å². The summed E-state index contributed by atoms with van der Waals surface area (Å²) in [5.74, 6) is -1.01. The highest BCUT2D eigenvalue weighted by molar-refractivity contribution is 6.38. The van der Waals surface area contributed by atoms with Crippen molar-refractivity contribution in [1.29, 1.82) is 0 Å². The van der Waals surface area contributed by atoms with Gasteiger partial charge in [0.2, 0.25) is 0 Å². The van der Waals surface area contributed by atoms with Crippen molar-refractivity contribution < 1.29 is 15.0 Å². The molecule has 6 aromatic rings. The molecule has 2 aromatic heterocycles. The average molecular weight is 871 g/mol. The van der Waals surface area contributed by atoms with Gasteiger partial charge in [-0.1, -0.05) is 58.5 Å². The molecule has 2 unspecified atom stereocenters. The van der Waals surface area contributed by atoms with E-state index in [1.165, 1.54) is 0 Å². The first kappa shape index (κ1) is 40.1. The molecule has 0 saturated heterocycles. The third-order valence-corrected chi connectivity index (χ3v) is 13.8. The summed E-state index contributed by atoms with van der Waals surface area (Å²) in [6, 6.07) is 19.6. The Bertz CT molecular complexity index is 2390. The maximum absolute atomic E-state index is 13.2. The summed E-state index contributed by atoms with van der Waals surface area (Å²) in [5, 5.41) is 30.9. The minimum atomic E-state index is -0.329. The molecule has 9 rings (SSSR count). The Morgan fingerprint density at radius 3 is 1.29 bits per heavy atom. The highest BCUT2D eigenvalue weighted by Crippen LogP contribution is 2.63. The number of fused-ring (bicyclic) bond motifs is 2. The smallest absolute Gasteiger partial charge is 0.152 e. The van der Waals surface area contributed by atoms with E-state index in [1.807, 2.05) is 36.7 Å². The van der Waals surface area contributed by atoms with E-state index in [2.05, 4.69) is 22.8 Å². The quantitative estimate of drug-likeness (QED) is 0.0778. The molecule has 0 bridgehead atoms. The molecule has 2 atom stereocenters. The molecule has 3 aliphatic carbocycles. The Labute approximate surface area is 362 Å². The summed E-state index contributed by atoms with van der Waals surface area (Å²) < 4.78 is 0. The van der Waals surface area contributed by atoms with Gasteiger partial charge in [0.25, 0.3) is 0 Å². The largest absolute Gasteiger partial charge is 0.505 e. The van der Waals surface area contributed by atoms with Crippen LogP contribution in [0.4, 0.5) is 11.4 Å². The van der Waals surface area contributed by atoms with E-state index < -0.39 is 0 Å². The number of anilines is 2. The number of benzene rings is 4. The summed E-state index contributed by atoms with van der Waals surface area (Å²) in [5.41, 5.74) is 21.3. The minimum Gasteiger partial charge on any atom is -0.505 e. The standard InChI is InChI=1S/C46H44Cl4N6O3/c47-35-15-24(16-36(48)45(35)58)22-1-11-39-30(13-22)43(55-28-7-3-26(51)4-8-28)32(19-53-39)41-34(21-57)42(41)33-20-54-40-12-2-23(25-17-37(49)46(59)38(50)18-25)14-31(40)44(33)56-29-9-5-27(52)6-10-29/h1-2,11-21,26-29,34,41-42,58-59H,3-10,51-52H2,(H,53,55)(H,54,56). The van der Waals surface area contributed by atoms with Gasteiger partial charge in [-0.15, -0.1) is 0 Å². The number of pyridine rings is 2. The fraction of sp³-hybridized carbons (Fsp3) is 0.326. The summed E-state index contributed by atoms with van der Waals surface area (Å²) >= 11 is 25.5. The molecule has 59 heavy (non-hydrogen) atoms. The fourth-order valence-electron chi connectivity index (χ4n) is 9.31. The van der Waals surface area contributed by atoms with Crippen LogP contribution in [0.25, 0.3) is 44.1 Å². The van der Waals surface area contributed by atoms with E-state index in [9.17, 15) is 15.0 Å². The Morgan fingerprint density at radius 2 is 0.932 bits per heavy atom. The number of aromatic nitrogens is 2. The zero-order chi connectivity index (χ0) is 41.1. The van der Waals surface area contributed by atoms with Crippen molar-refractivity contribution in [2.75, 3.05) is 10.6 Å². The van der Waals surface area contributed by atoms with E-state index in [1.54, 1.807) is 24.3 Å². The van der Waals surface area contributed by atoms with Crippen LogP contribution in [0.5, 0.6) is 11.5 Å². The summed E-state index contributed by atoms with van der Waals surface area (Å²) in [4.78, 5) is 23.2. The SMILES string of the molecule is NC1CCC(Nc2c(C3C(C=O)C3c3cnc4ccc(-c5cc(Cl)c(O)c(Cl)c5)cc4c3NC3CCC(N)CC3)cnc3ccc(-c4cc(Cl)c(O)c(Cl)c4)cc23)CC1. The number of nitrogens with one attached hydrogen (secondary N) is 2. The summed E-state index contributed by atoms with van der Waals surface area (Å²) in [7, 11) is 0. The molecule has 8 N–H and O–H groups in total. The van der Waals surface area contributed by atoms with Gasteiger partial charge in [0.1, 0.15) is 6.29 Å². The molecular weight excluding hydrogens is 826 g/mol. The number of phenols is 2. The van der Waals surface area contributed by atoms with Gasteiger partial charge >= 0.3 is 0 Å². The van der Waals surface area contributed by atoms with Gasteiger partial charge in [0.05, 0.1) is 31.1 Å². The van der Waals surface area contributed by atoms with Crippen LogP contribution in [0.3, 0.4) is 0 Å². The minimum absolute atomic E-state index is 0.158. The Morgan fingerprint density at radius 1 is 0.559 bits per heavy atom. The lowest BCUT2D eigenvalue weighted by Crippen LogP contribution is -2.33. The van der Waals surface area contributed by atoms with E-state index in [-0.39, 0.29) is 73.5 Å². The molecule has 0 amide bonds. The van der Waals surface area contributed by atoms with E-state index in [0.29, 0.717) is 0 Å². The topological polar surface area (TPSA) is 159 Å². The first-order valence-corrected chi connectivity index (χ1v) is 21.7. The zero-order valence-electron chi connectivity index (χ0n) is 32.1. The first-order chi connectivity index (χ1) is 28.5. The summed E-state index contributed by atoms with van der Waals surface area (Å²) in [6.45, 7) is 0. The number of nitrogens with zero attached hydrogens (tertiary/aromatic N) is 2. The molecule has 2 heterocycles. The number of nitrogens with two attached hydrogens (primary N) is 2. The second-order valence-electron chi connectivity index (χ2n) is 16.5. The molecule has 13 heteroatoms. The van der Waals surface area contributed by atoms with E-state index in [4.69, 9.17) is 67.8 Å². The molecule has 3 aliphatic rings. The Hall–Kier alpha value is -4.35. The molecule has 9 nitrogen and oxygen atoms in total. The van der Waals surface area contributed by atoms with Crippen molar-refractivity contribution in [2.45, 2.75) is 87.4 Å². The van der Waals surface area contributed by atoms with Crippen molar-refractivity contribution in [3.63, 3.8) is 0 Å². The zero-order valence-corrected chi connectivity index (χ0v) is 35.1. The van der Waals surface area contributed by atoms with Gasteiger partial charge in [0, 0.05) is 76.5 Å². The van der Waals surface area contributed by atoms with Crippen LogP contribution in [0, 0.1) is 5.92 Å². The summed E-state index contributed by atoms with van der Waals surface area (Å²) in [6.07, 6.45) is 12.3. The third-order valence-electron chi connectivity index (χ3n) is 12.7. The van der Waals surface area contributed by atoms with Crippen molar-refractivity contribution in [3.8, 4) is 33.8 Å². The predicted molar refractivity (Wildman–Crippen MR) is 240 cm³/mol. The lowest BCUT2D eigenvalue weighted by molar-refractivity contribution is -0.109. The maximum atomic E-state index is 13.2. The monoisotopic (exact) mass is 868 g/mol. The normalized spacial score (nSPS) is 24.3. The first-order valence-electron chi connectivity index (χ1n) is 20.2. The van der Waals surface area contributed by atoms with Gasteiger partial charge in [0.15, 0.2) is 11.5 Å². The van der Waals surface area contributed by atoms with Gasteiger partial charge < -0.3 is 37.1 Å². The van der Waals surface area contributed by atoms with Crippen LogP contribution in [-0.4, -0.2) is 50.6 Å². The van der Waals surface area contributed by atoms with E-state index in [0.717, 1.165) is 124 Å². The van der Waals surface area contributed by atoms with Gasteiger partial charge in [-0.25, -0.2) is 0 Å². The fourth-order valence-corrected chi connectivity index (χ4v) is 10.3. The van der Waals surface area contributed by atoms with Gasteiger partial charge in [-0.05, 0) is 133 Å². The van der Waals surface area contributed by atoms with Crippen LogP contribution in [0.15, 0.2) is 73.1 Å². The molecule has 0 radical (unpaired) electrons. The highest BCUT2D eigenvalue weighted by atomic mass is 35.5. The predicted octanol–water partition coefficient (Wildman–Crippen LogP) is 11.2. The van der Waals surface area contributed by atoms with Crippen molar-refractivity contribution in [1.82, 2.24) is 9.97 Å². The number of halogens is 4. The van der Waals surface area contributed by atoms with Crippen LogP contribution < -0.4 is 22.1 Å². The van der Waals surface area contributed by atoms with Crippen molar-refractivity contribution in [3.05, 3.63) is 104 Å². The lowest BCUT2D eigenvalue weighted by atomic mass is 9.90. The number of aromatic hydroxyl groups is 2. The molecule has 3 fully saturated rings. The third kappa shape index (κ3) is 7.78. The van der Waals surface area contributed by atoms with Crippen LogP contribution in [0.2, 0.25) is 20.1 Å². The van der Waals surface area contributed by atoms with Gasteiger partial charge in [-0.3, -0.25) is 9.97 Å². The number of phenolic OH excluding ortho intramolecular Hbond substituents is 2. The Balaban J connectivity index is 1.18. The number of rotatable bonds is 9. The van der Waals surface area contributed by atoms with Gasteiger partial charge in [-0.2, -0.15) is 0 Å². The van der Waals surface area contributed by atoms with Crippen molar-refractivity contribution >= 4 is 85.9 Å². The van der Waals surface area contributed by atoms with Crippen LogP contribution >= 0.6 is 46.4 Å². The maximum Gasteiger partial charge on any atom is 0.152 e. The number of hydrogen-bond acceptors (Lipinski definition) is 9. The number of aldehydes is 1. The number of hydrogen-bond donors (Lipinski definition) is 6. The lowest BCUT2D eigenvalue weighted by Gasteiger charge is -2.29. The van der Waals surface area contributed by atoms with E-state index >= 15 is 0 Å². The number of carbonyl (C=O) groups is 1. The molecular formula is C46H44Cl4N6O3. The highest BCUT2D eigenvalue weighted by Gasteiger charge is 2.54. The second-order valence-corrected chi connectivity index (χ2v) is 18.1. The molecule has 3 saturated carbocycles. The average Bonchev–Trinajstić information content (AvgIpc) is 3.96. The Kier molecular flexibility index (Phi) is 11.0. The molecule has 4 aromatic carbocycles. The van der Waals surface area contributed by atoms with Crippen LogP contribution in [0.1, 0.15) is 74.3 Å².